The number of rotatable bonds is 9. The molecule has 1 aliphatic rings. The van der Waals surface area contributed by atoms with Crippen molar-refractivity contribution in [2.75, 3.05) is 70.6 Å². The maximum absolute atomic E-state index is 13.0. The van der Waals surface area contributed by atoms with Crippen LogP contribution in [-0.4, -0.2) is 76.0 Å². The third-order valence-electron chi connectivity index (χ3n) is 6.38. The first kappa shape index (κ1) is 24.7. The Morgan fingerprint density at radius 1 is 0.914 bits per heavy atom. The van der Waals surface area contributed by atoms with Gasteiger partial charge in [0.2, 0.25) is 0 Å². The molecule has 5 nitrogen and oxygen atoms in total. The van der Waals surface area contributed by atoms with Gasteiger partial charge in [0.25, 0.3) is 0 Å². The van der Waals surface area contributed by atoms with Crippen molar-refractivity contribution in [1.29, 1.82) is 0 Å². The molecule has 1 heterocycles. The number of carbonyl (C=O) groups is 1. The van der Waals surface area contributed by atoms with Crippen LogP contribution < -0.4 is 10.2 Å². The van der Waals surface area contributed by atoms with Gasteiger partial charge in [-0.15, -0.1) is 0 Å². The summed E-state index contributed by atoms with van der Waals surface area (Å²) in [6, 6.07) is 24.8. The lowest BCUT2D eigenvalue weighted by Crippen LogP contribution is -2.44. The van der Waals surface area contributed by atoms with E-state index in [2.05, 4.69) is 69.5 Å². The van der Waals surface area contributed by atoms with Gasteiger partial charge in [-0.25, -0.2) is 0 Å². The maximum atomic E-state index is 13.0. The Hall–Kier alpha value is -3.41. The molecule has 3 aromatic carbocycles. The predicted octanol–water partition coefficient (Wildman–Crippen LogP) is 4.98. The molecule has 0 aliphatic carbocycles. The lowest BCUT2D eigenvalue weighted by molar-refractivity contribution is 0.104. The first-order valence-corrected chi connectivity index (χ1v) is 12.3. The molecule has 0 bridgehead atoms. The first-order chi connectivity index (χ1) is 17.0. The molecule has 1 aliphatic heterocycles. The standard InChI is InChI=1S/C30H36N4O/c1-32(2)15-14-31-28-11-7-10-26(22-28)30(35)13-12-24-20-27(25-8-5-4-6-9-25)23-29(21-24)34-18-16-33(3)17-19-34/h4-13,20-23,31H,14-19H2,1-3H3/b13-12+. The van der Waals surface area contributed by atoms with Crippen LogP contribution in [0.25, 0.3) is 17.2 Å². The Labute approximate surface area is 209 Å². The predicted molar refractivity (Wildman–Crippen MR) is 148 cm³/mol. The summed E-state index contributed by atoms with van der Waals surface area (Å²) in [5.41, 5.74) is 6.25. The van der Waals surface area contributed by atoms with E-state index in [1.54, 1.807) is 6.08 Å². The van der Waals surface area contributed by atoms with Gasteiger partial charge in [0, 0.05) is 56.2 Å². The van der Waals surface area contributed by atoms with Crippen LogP contribution in [0, 0.1) is 0 Å². The van der Waals surface area contributed by atoms with E-state index in [0.717, 1.165) is 50.5 Å². The monoisotopic (exact) mass is 468 g/mol. The van der Waals surface area contributed by atoms with E-state index in [-0.39, 0.29) is 5.78 Å². The molecule has 0 spiro atoms. The van der Waals surface area contributed by atoms with Crippen molar-refractivity contribution in [2.45, 2.75) is 0 Å². The number of likely N-dealkylation sites (N-methyl/N-ethyl adjacent to an activating group) is 2. The number of hydrogen-bond acceptors (Lipinski definition) is 5. The summed E-state index contributed by atoms with van der Waals surface area (Å²) >= 11 is 0. The minimum Gasteiger partial charge on any atom is -0.384 e. The highest BCUT2D eigenvalue weighted by molar-refractivity contribution is 6.07. The van der Waals surface area contributed by atoms with Crippen LogP contribution in [0.2, 0.25) is 0 Å². The summed E-state index contributed by atoms with van der Waals surface area (Å²) in [6.07, 6.45) is 3.64. The zero-order chi connectivity index (χ0) is 24.6. The molecule has 4 rings (SSSR count). The van der Waals surface area contributed by atoms with Gasteiger partial charge in [-0.1, -0.05) is 48.5 Å². The number of nitrogens with one attached hydrogen (secondary N) is 1. The van der Waals surface area contributed by atoms with Crippen LogP contribution in [0.3, 0.4) is 0 Å². The highest BCUT2D eigenvalue weighted by Gasteiger charge is 2.15. The average molecular weight is 469 g/mol. The molecule has 35 heavy (non-hydrogen) atoms. The highest BCUT2D eigenvalue weighted by Crippen LogP contribution is 2.28. The van der Waals surface area contributed by atoms with E-state index in [9.17, 15) is 4.79 Å². The second kappa shape index (κ2) is 11.8. The van der Waals surface area contributed by atoms with Crippen LogP contribution in [0.4, 0.5) is 11.4 Å². The van der Waals surface area contributed by atoms with Gasteiger partial charge in [-0.2, -0.15) is 0 Å². The summed E-state index contributed by atoms with van der Waals surface area (Å²) in [7, 11) is 6.27. The molecule has 0 radical (unpaired) electrons. The molecular formula is C30H36N4O. The zero-order valence-corrected chi connectivity index (χ0v) is 21.1. The lowest BCUT2D eigenvalue weighted by Gasteiger charge is -2.34. The SMILES string of the molecule is CN(C)CCNc1cccc(C(=O)/C=C/c2cc(-c3ccccc3)cc(N3CCN(C)CC3)c2)c1. The number of benzene rings is 3. The molecule has 182 valence electrons. The van der Waals surface area contributed by atoms with E-state index in [4.69, 9.17) is 0 Å². The molecule has 1 fully saturated rings. The Morgan fingerprint density at radius 3 is 2.43 bits per heavy atom. The van der Waals surface area contributed by atoms with Crippen molar-refractivity contribution in [3.8, 4) is 11.1 Å². The summed E-state index contributed by atoms with van der Waals surface area (Å²) in [4.78, 5) is 19.9. The van der Waals surface area contributed by atoms with Crippen molar-refractivity contribution in [2.24, 2.45) is 0 Å². The molecule has 0 amide bonds. The van der Waals surface area contributed by atoms with Gasteiger partial charge < -0.3 is 20.0 Å². The van der Waals surface area contributed by atoms with E-state index < -0.39 is 0 Å². The molecule has 1 N–H and O–H groups in total. The zero-order valence-electron chi connectivity index (χ0n) is 21.1. The Kier molecular flexibility index (Phi) is 8.35. The molecule has 0 atom stereocenters. The Bertz CT molecular complexity index is 1150. The van der Waals surface area contributed by atoms with E-state index >= 15 is 0 Å². The number of hydrogen-bond donors (Lipinski definition) is 1. The second-order valence-corrected chi connectivity index (χ2v) is 9.48. The first-order valence-electron chi connectivity index (χ1n) is 12.3. The minimum atomic E-state index is 0.00696. The van der Waals surface area contributed by atoms with Crippen LogP contribution in [0.5, 0.6) is 0 Å². The maximum Gasteiger partial charge on any atom is 0.185 e. The second-order valence-electron chi connectivity index (χ2n) is 9.48. The third-order valence-corrected chi connectivity index (χ3v) is 6.38. The average Bonchev–Trinajstić information content (AvgIpc) is 2.88. The summed E-state index contributed by atoms with van der Waals surface area (Å²) in [5, 5.41) is 3.39. The van der Waals surface area contributed by atoms with Gasteiger partial charge in [-0.05, 0) is 74.2 Å². The van der Waals surface area contributed by atoms with Gasteiger partial charge in [0.05, 0.1) is 0 Å². The van der Waals surface area contributed by atoms with Crippen LogP contribution >= 0.6 is 0 Å². The Balaban J connectivity index is 1.55. The van der Waals surface area contributed by atoms with Crippen molar-refractivity contribution in [3.05, 3.63) is 90.0 Å². The Morgan fingerprint density at radius 2 is 1.69 bits per heavy atom. The normalized spacial score (nSPS) is 14.6. The fourth-order valence-electron chi connectivity index (χ4n) is 4.25. The number of ketones is 1. The van der Waals surface area contributed by atoms with Gasteiger partial charge >= 0.3 is 0 Å². The smallest absolute Gasteiger partial charge is 0.185 e. The van der Waals surface area contributed by atoms with Crippen molar-refractivity contribution >= 4 is 23.2 Å². The summed E-state index contributed by atoms with van der Waals surface area (Å²) in [5.74, 6) is 0.00696. The van der Waals surface area contributed by atoms with Crippen LogP contribution in [-0.2, 0) is 0 Å². The molecule has 0 saturated carbocycles. The largest absolute Gasteiger partial charge is 0.384 e. The van der Waals surface area contributed by atoms with Crippen LogP contribution in [0.15, 0.2) is 78.9 Å². The number of carbonyl (C=O) groups excluding carboxylic acids is 1. The van der Waals surface area contributed by atoms with E-state index in [0.29, 0.717) is 5.56 Å². The van der Waals surface area contributed by atoms with Gasteiger partial charge in [-0.3, -0.25) is 4.79 Å². The number of piperazine rings is 1. The van der Waals surface area contributed by atoms with Gasteiger partial charge in [0.1, 0.15) is 0 Å². The van der Waals surface area contributed by atoms with Crippen LogP contribution in [0.1, 0.15) is 15.9 Å². The minimum absolute atomic E-state index is 0.00696. The topological polar surface area (TPSA) is 38.8 Å². The lowest BCUT2D eigenvalue weighted by atomic mass is 10.0. The quantitative estimate of drug-likeness (QED) is 0.354. The number of anilines is 2. The van der Waals surface area contributed by atoms with E-state index in [1.807, 2.05) is 50.5 Å². The molecule has 3 aromatic rings. The summed E-state index contributed by atoms with van der Waals surface area (Å²) in [6.45, 7) is 5.89. The molecule has 0 aromatic heterocycles. The van der Waals surface area contributed by atoms with Crippen molar-refractivity contribution in [3.63, 3.8) is 0 Å². The summed E-state index contributed by atoms with van der Waals surface area (Å²) < 4.78 is 0. The molecular weight excluding hydrogens is 432 g/mol. The van der Waals surface area contributed by atoms with Gasteiger partial charge in [0.15, 0.2) is 5.78 Å². The molecule has 0 unspecified atom stereocenters. The molecule has 5 heteroatoms. The molecule has 1 saturated heterocycles. The fourth-order valence-corrected chi connectivity index (χ4v) is 4.25. The highest BCUT2D eigenvalue weighted by atomic mass is 16.1. The van der Waals surface area contributed by atoms with E-state index in [1.165, 1.54) is 16.8 Å². The number of allylic oxidation sites excluding steroid dienone is 1. The van der Waals surface area contributed by atoms with Crippen molar-refractivity contribution < 1.29 is 4.79 Å². The fraction of sp³-hybridized carbons (Fsp3) is 0.300. The number of nitrogens with zero attached hydrogens (tertiary/aromatic N) is 3. The third kappa shape index (κ3) is 7.04. The van der Waals surface area contributed by atoms with Crippen molar-refractivity contribution in [1.82, 2.24) is 9.80 Å².